The number of nitrogens with one attached hydrogen (secondary N) is 1. The molecule has 2 aromatic carbocycles. The summed E-state index contributed by atoms with van der Waals surface area (Å²) in [5.41, 5.74) is 9.01. The van der Waals surface area contributed by atoms with Crippen LogP contribution in [0.15, 0.2) is 42.5 Å². The van der Waals surface area contributed by atoms with Crippen molar-refractivity contribution in [1.29, 1.82) is 0 Å². The summed E-state index contributed by atoms with van der Waals surface area (Å²) in [6, 6.07) is 12.6. The smallest absolute Gasteiger partial charge is 0.257 e. The molecule has 0 aliphatic carbocycles. The maximum absolute atomic E-state index is 12.8. The van der Waals surface area contributed by atoms with Crippen LogP contribution >= 0.6 is 12.6 Å². The summed E-state index contributed by atoms with van der Waals surface area (Å²) in [4.78, 5) is 31.4. The predicted molar refractivity (Wildman–Crippen MR) is 126 cm³/mol. The first-order valence-corrected chi connectivity index (χ1v) is 11.2. The van der Waals surface area contributed by atoms with E-state index in [-0.39, 0.29) is 5.91 Å². The van der Waals surface area contributed by atoms with Crippen LogP contribution in [0, 0.1) is 0 Å². The lowest BCUT2D eigenvalue weighted by Gasteiger charge is -2.26. The second-order valence-corrected chi connectivity index (χ2v) is 8.32. The van der Waals surface area contributed by atoms with E-state index in [9.17, 15) is 9.59 Å². The number of carbonyl (C=O) groups excluding carboxylic acids is 2. The molecule has 1 aliphatic heterocycles. The van der Waals surface area contributed by atoms with E-state index in [2.05, 4.69) is 40.0 Å². The number of primary amides is 1. The molecule has 0 bridgehead atoms. The van der Waals surface area contributed by atoms with Gasteiger partial charge < -0.3 is 10.3 Å². The van der Waals surface area contributed by atoms with Crippen LogP contribution in [-0.4, -0.2) is 45.1 Å². The number of carbonyl (C=O) groups is 2. The predicted octanol–water partition coefficient (Wildman–Crippen LogP) is 3.30. The molecule has 2 amide bonds. The topological polar surface area (TPSA) is 93.2 Å². The number of piperidine rings is 1. The fourth-order valence-corrected chi connectivity index (χ4v) is 4.25. The Kier molecular flexibility index (Phi) is 6.58. The van der Waals surface area contributed by atoms with Gasteiger partial charge >= 0.3 is 0 Å². The molecule has 2 heterocycles. The summed E-state index contributed by atoms with van der Waals surface area (Å²) < 4.78 is 1.98. The van der Waals surface area contributed by atoms with Gasteiger partial charge in [0.2, 0.25) is 11.9 Å². The third-order valence-corrected chi connectivity index (χ3v) is 5.83. The molecule has 3 N–H and O–H groups in total. The van der Waals surface area contributed by atoms with E-state index in [1.807, 2.05) is 10.6 Å². The van der Waals surface area contributed by atoms with E-state index < -0.39 is 5.91 Å². The number of aromatic nitrogens is 2. The van der Waals surface area contributed by atoms with E-state index in [0.717, 1.165) is 30.7 Å². The van der Waals surface area contributed by atoms with Gasteiger partial charge in [0.1, 0.15) is 0 Å². The second kappa shape index (κ2) is 9.53. The number of imidazole rings is 1. The number of benzene rings is 2. The van der Waals surface area contributed by atoms with Crippen molar-refractivity contribution in [2.75, 3.05) is 24.2 Å². The summed E-state index contributed by atoms with van der Waals surface area (Å²) in [6.07, 6.45) is 3.83. The fourth-order valence-electron chi connectivity index (χ4n) is 4.05. The zero-order chi connectivity index (χ0) is 21.8. The quantitative estimate of drug-likeness (QED) is 0.495. The third kappa shape index (κ3) is 4.91. The number of anilines is 1. The van der Waals surface area contributed by atoms with Crippen molar-refractivity contribution in [1.82, 2.24) is 14.5 Å². The Morgan fingerprint density at radius 3 is 2.58 bits per heavy atom. The Balaban J connectivity index is 1.60. The Morgan fingerprint density at radius 1 is 1.06 bits per heavy atom. The largest absolute Gasteiger partial charge is 0.366 e. The van der Waals surface area contributed by atoms with Crippen molar-refractivity contribution < 1.29 is 9.59 Å². The molecular weight excluding hydrogens is 410 g/mol. The van der Waals surface area contributed by atoms with Crippen molar-refractivity contribution in [2.24, 2.45) is 5.73 Å². The minimum Gasteiger partial charge on any atom is -0.366 e. The summed E-state index contributed by atoms with van der Waals surface area (Å²) in [5.74, 6) is 0.168. The van der Waals surface area contributed by atoms with Crippen molar-refractivity contribution in [3.63, 3.8) is 0 Å². The average molecular weight is 438 g/mol. The van der Waals surface area contributed by atoms with Crippen molar-refractivity contribution in [3.8, 4) is 0 Å². The number of aryl methyl sites for hydroxylation is 1. The molecule has 0 saturated carbocycles. The average Bonchev–Trinajstić information content (AvgIpc) is 3.11. The van der Waals surface area contributed by atoms with E-state index in [0.29, 0.717) is 29.4 Å². The zero-order valence-electron chi connectivity index (χ0n) is 17.4. The van der Waals surface area contributed by atoms with Gasteiger partial charge in [-0.2, -0.15) is 12.6 Å². The van der Waals surface area contributed by atoms with Crippen LogP contribution in [0.25, 0.3) is 11.0 Å². The number of nitrogens with zero attached hydrogens (tertiary/aromatic N) is 3. The van der Waals surface area contributed by atoms with Crippen molar-refractivity contribution in [2.45, 2.75) is 32.4 Å². The van der Waals surface area contributed by atoms with E-state index in [4.69, 9.17) is 5.73 Å². The van der Waals surface area contributed by atoms with Crippen LogP contribution in [0.4, 0.5) is 5.95 Å². The Morgan fingerprint density at radius 2 is 1.84 bits per heavy atom. The Bertz CT molecular complexity index is 1100. The van der Waals surface area contributed by atoms with Crippen LogP contribution < -0.4 is 11.1 Å². The van der Waals surface area contributed by atoms with Crippen LogP contribution in [0.3, 0.4) is 0 Å². The molecule has 4 rings (SSSR count). The summed E-state index contributed by atoms with van der Waals surface area (Å²) in [5, 5.41) is 2.88. The molecule has 0 atom stereocenters. The lowest BCUT2D eigenvalue weighted by Crippen LogP contribution is -2.29. The van der Waals surface area contributed by atoms with Gasteiger partial charge in [-0.1, -0.05) is 18.6 Å². The SMILES string of the molecule is NC(=O)c1cccc(C(=O)Nc2nc3ccc(CN4CCCCC4)cc3n2CCS)c1. The number of amides is 2. The van der Waals surface area contributed by atoms with Gasteiger partial charge in [0.25, 0.3) is 5.91 Å². The number of thiol groups is 1. The van der Waals surface area contributed by atoms with Crippen molar-refractivity contribution >= 4 is 41.4 Å². The van der Waals surface area contributed by atoms with E-state index >= 15 is 0 Å². The molecule has 1 aromatic heterocycles. The lowest BCUT2D eigenvalue weighted by molar-refractivity contribution is 0.1000. The number of fused-ring (bicyclic) bond motifs is 1. The molecule has 31 heavy (non-hydrogen) atoms. The number of nitrogens with two attached hydrogens (primary N) is 1. The molecular formula is C23H27N5O2S. The molecule has 3 aromatic rings. The maximum atomic E-state index is 12.8. The molecule has 0 unspecified atom stereocenters. The van der Waals surface area contributed by atoms with E-state index in [1.54, 1.807) is 18.2 Å². The monoisotopic (exact) mass is 437 g/mol. The van der Waals surface area contributed by atoms with Gasteiger partial charge in [-0.15, -0.1) is 0 Å². The van der Waals surface area contributed by atoms with Crippen LogP contribution in [0.2, 0.25) is 0 Å². The van der Waals surface area contributed by atoms with Crippen LogP contribution in [0.1, 0.15) is 45.5 Å². The van der Waals surface area contributed by atoms with Crippen LogP contribution in [-0.2, 0) is 13.1 Å². The van der Waals surface area contributed by atoms with Gasteiger partial charge in [-0.25, -0.2) is 4.98 Å². The zero-order valence-corrected chi connectivity index (χ0v) is 18.3. The number of likely N-dealkylation sites (tertiary alicyclic amines) is 1. The number of rotatable bonds is 7. The summed E-state index contributed by atoms with van der Waals surface area (Å²) >= 11 is 4.39. The minimum absolute atomic E-state index is 0.291. The molecule has 1 fully saturated rings. The first kappa shape index (κ1) is 21.4. The number of hydrogen-bond acceptors (Lipinski definition) is 5. The minimum atomic E-state index is -0.571. The van der Waals surface area contributed by atoms with Gasteiger partial charge in [-0.3, -0.25) is 19.8 Å². The molecule has 1 aliphatic rings. The van der Waals surface area contributed by atoms with E-state index in [1.165, 1.54) is 30.9 Å². The lowest BCUT2D eigenvalue weighted by atomic mass is 10.1. The first-order valence-electron chi connectivity index (χ1n) is 10.6. The molecule has 7 nitrogen and oxygen atoms in total. The highest BCUT2D eigenvalue weighted by molar-refractivity contribution is 7.80. The molecule has 8 heteroatoms. The second-order valence-electron chi connectivity index (χ2n) is 7.87. The van der Waals surface area contributed by atoms with Gasteiger partial charge in [-0.05, 0) is 61.8 Å². The van der Waals surface area contributed by atoms with Gasteiger partial charge in [0, 0.05) is 30.0 Å². The third-order valence-electron chi connectivity index (χ3n) is 5.63. The maximum Gasteiger partial charge on any atom is 0.257 e. The van der Waals surface area contributed by atoms with Gasteiger partial charge in [0.15, 0.2) is 0 Å². The fraction of sp³-hybridized carbons (Fsp3) is 0.348. The first-order chi connectivity index (χ1) is 15.0. The molecule has 162 valence electrons. The Labute approximate surface area is 187 Å². The van der Waals surface area contributed by atoms with Crippen LogP contribution in [0.5, 0.6) is 0 Å². The number of hydrogen-bond donors (Lipinski definition) is 3. The normalized spacial score (nSPS) is 14.6. The highest BCUT2D eigenvalue weighted by Gasteiger charge is 2.17. The molecule has 1 saturated heterocycles. The highest BCUT2D eigenvalue weighted by atomic mass is 32.1. The van der Waals surface area contributed by atoms with Gasteiger partial charge in [0.05, 0.1) is 11.0 Å². The standard InChI is InChI=1S/C23H27N5O2S/c24-21(29)17-5-4-6-18(14-17)22(30)26-23-25-19-8-7-16(13-20(19)28(23)11-12-31)15-27-9-2-1-3-10-27/h4-8,13-14,31H,1-3,9-12,15H2,(H2,24,29)(H,25,26,30). The Hall–Kier alpha value is -2.84. The highest BCUT2D eigenvalue weighted by Crippen LogP contribution is 2.23. The molecule has 0 spiro atoms. The summed E-state index contributed by atoms with van der Waals surface area (Å²) in [6.45, 7) is 3.81. The molecule has 0 radical (unpaired) electrons. The van der Waals surface area contributed by atoms with Crippen molar-refractivity contribution in [3.05, 3.63) is 59.2 Å². The summed E-state index contributed by atoms with van der Waals surface area (Å²) in [7, 11) is 0.